The third-order valence-electron chi connectivity index (χ3n) is 5.27. The highest BCUT2D eigenvalue weighted by atomic mass is 32.2. The second-order valence-corrected chi connectivity index (χ2v) is 10.7. The van der Waals surface area contributed by atoms with Gasteiger partial charge < -0.3 is 25.5 Å². The van der Waals surface area contributed by atoms with Gasteiger partial charge in [0, 0.05) is 24.2 Å². The number of aromatic nitrogens is 4. The Labute approximate surface area is 216 Å². The zero-order chi connectivity index (χ0) is 25.7. The summed E-state index contributed by atoms with van der Waals surface area (Å²) in [5.41, 5.74) is 0.132. The second-order valence-electron chi connectivity index (χ2n) is 7.58. The van der Waals surface area contributed by atoms with Crippen LogP contribution in [0.15, 0.2) is 27.3 Å². The molecule has 2 saturated heterocycles. The Balaban J connectivity index is 1.45. The molecule has 0 bridgehead atoms. The normalized spacial score (nSPS) is 23.3. The lowest BCUT2D eigenvalue weighted by molar-refractivity contribution is -0.157. The number of carbonyl (C=O) groups excluding carboxylic acids is 3. The first kappa shape index (κ1) is 25.8. The summed E-state index contributed by atoms with van der Waals surface area (Å²) in [7, 11) is 0. The molecule has 0 spiro atoms. The summed E-state index contributed by atoms with van der Waals surface area (Å²) in [4.78, 5) is 63.4. The summed E-state index contributed by atoms with van der Waals surface area (Å²) >= 11 is 3.89. The van der Waals surface area contributed by atoms with E-state index in [-0.39, 0.29) is 42.0 Å². The average Bonchev–Trinajstić information content (AvgIpc) is 3.40. The van der Waals surface area contributed by atoms with Gasteiger partial charge in [0.25, 0.3) is 5.91 Å². The fourth-order valence-electron chi connectivity index (χ4n) is 3.47. The molecule has 0 aliphatic carbocycles. The molecule has 0 radical (unpaired) electrons. The van der Waals surface area contributed by atoms with E-state index >= 15 is 0 Å². The van der Waals surface area contributed by atoms with Crippen molar-refractivity contribution in [2.24, 2.45) is 10.6 Å². The third-order valence-corrected chi connectivity index (χ3v) is 9.01. The standard InChI is InChI=1S/C19H20N8O6S3/c1-2-33-26-11(13-20-4-3-10(23-13)21-8-28)14(29)24-12-15(30)27-5-19(17(31)32,6-34-16(12)27)7-35-18-25-22-9-36-18/h3-4,8-9,12,16H,2,5-7H2,1H3,(H,24,29)(H,31,32)(H,20,21,23,28)/t12?,16-,19?/m1/s1. The fraction of sp³-hybridized carbons (Fsp3) is 0.421. The van der Waals surface area contributed by atoms with Gasteiger partial charge in [0.1, 0.15) is 34.8 Å². The maximum atomic E-state index is 13.0. The molecule has 2 aromatic heterocycles. The van der Waals surface area contributed by atoms with Crippen LogP contribution < -0.4 is 10.6 Å². The highest BCUT2D eigenvalue weighted by molar-refractivity contribution is 8.01. The van der Waals surface area contributed by atoms with Gasteiger partial charge in [-0.2, -0.15) is 0 Å². The van der Waals surface area contributed by atoms with Crippen LogP contribution in [0.4, 0.5) is 5.82 Å². The number of oxime groups is 1. The van der Waals surface area contributed by atoms with E-state index in [4.69, 9.17) is 4.84 Å². The van der Waals surface area contributed by atoms with E-state index in [1.165, 1.54) is 52.0 Å². The Morgan fingerprint density at radius 2 is 2.31 bits per heavy atom. The van der Waals surface area contributed by atoms with E-state index in [9.17, 15) is 24.3 Å². The molecule has 2 fully saturated rings. The van der Waals surface area contributed by atoms with Gasteiger partial charge in [-0.05, 0) is 13.0 Å². The summed E-state index contributed by atoms with van der Waals surface area (Å²) in [5, 5.41) is 26.0. The quantitative estimate of drug-likeness (QED) is 0.111. The summed E-state index contributed by atoms with van der Waals surface area (Å²) in [6.45, 7) is 1.86. The van der Waals surface area contributed by atoms with Crippen LogP contribution in [-0.4, -0.2) is 96.2 Å². The lowest BCUT2D eigenvalue weighted by atomic mass is 9.89. The molecule has 3 N–H and O–H groups in total. The van der Waals surface area contributed by atoms with Crippen molar-refractivity contribution >= 4 is 70.6 Å². The van der Waals surface area contributed by atoms with Crippen LogP contribution in [-0.2, 0) is 24.0 Å². The number of anilines is 1. The third kappa shape index (κ3) is 5.26. The predicted molar refractivity (Wildman–Crippen MR) is 130 cm³/mol. The van der Waals surface area contributed by atoms with E-state index in [1.807, 2.05) is 0 Å². The number of amides is 3. The van der Waals surface area contributed by atoms with Crippen molar-refractivity contribution in [3.63, 3.8) is 0 Å². The number of carboxylic acids is 1. The average molecular weight is 553 g/mol. The Hall–Kier alpha value is -3.31. The minimum atomic E-state index is -1.16. The van der Waals surface area contributed by atoms with E-state index in [0.29, 0.717) is 10.7 Å². The second kappa shape index (κ2) is 11.2. The molecular weight excluding hydrogens is 532 g/mol. The minimum absolute atomic E-state index is 0.0133. The fourth-order valence-corrected chi connectivity index (χ4v) is 6.82. The van der Waals surface area contributed by atoms with Gasteiger partial charge in [0.2, 0.25) is 18.0 Å². The summed E-state index contributed by atoms with van der Waals surface area (Å²) in [6.07, 6.45) is 1.76. The first-order valence-electron chi connectivity index (χ1n) is 10.5. The number of aliphatic carboxylic acids is 1. The molecule has 36 heavy (non-hydrogen) atoms. The highest BCUT2D eigenvalue weighted by Gasteiger charge is 2.57. The van der Waals surface area contributed by atoms with Crippen LogP contribution in [0.5, 0.6) is 0 Å². The van der Waals surface area contributed by atoms with Crippen LogP contribution in [0.1, 0.15) is 12.7 Å². The number of fused-ring (bicyclic) bond motifs is 1. The van der Waals surface area contributed by atoms with E-state index in [0.717, 1.165) is 0 Å². The molecule has 0 saturated carbocycles. The topological polar surface area (TPSA) is 189 Å². The molecule has 4 heterocycles. The molecule has 14 nitrogen and oxygen atoms in total. The molecule has 2 unspecified atom stereocenters. The number of carbonyl (C=O) groups is 4. The van der Waals surface area contributed by atoms with E-state index in [1.54, 1.807) is 12.4 Å². The monoisotopic (exact) mass is 552 g/mol. The Morgan fingerprint density at radius 1 is 1.47 bits per heavy atom. The molecule has 3 amide bonds. The molecular formula is C19H20N8O6S3. The number of thioether (sulfide) groups is 2. The van der Waals surface area contributed by atoms with Gasteiger partial charge >= 0.3 is 5.97 Å². The van der Waals surface area contributed by atoms with Gasteiger partial charge in [0.15, 0.2) is 10.2 Å². The molecule has 2 aliphatic heterocycles. The van der Waals surface area contributed by atoms with Crippen molar-refractivity contribution in [3.05, 3.63) is 23.6 Å². The van der Waals surface area contributed by atoms with Crippen molar-refractivity contribution in [1.82, 2.24) is 30.4 Å². The minimum Gasteiger partial charge on any atom is -0.481 e. The molecule has 2 aliphatic rings. The molecule has 2 aromatic rings. The number of hydrogen-bond donors (Lipinski definition) is 3. The number of rotatable bonds is 11. The number of β-lactam (4-membered cyclic amide) rings is 1. The largest absolute Gasteiger partial charge is 0.481 e. The van der Waals surface area contributed by atoms with Crippen molar-refractivity contribution in [3.8, 4) is 0 Å². The molecule has 17 heteroatoms. The van der Waals surface area contributed by atoms with Crippen LogP contribution in [0.25, 0.3) is 0 Å². The van der Waals surface area contributed by atoms with Crippen LogP contribution >= 0.6 is 34.9 Å². The number of carboxylic acid groups (broad SMARTS) is 1. The first-order chi connectivity index (χ1) is 17.4. The summed E-state index contributed by atoms with van der Waals surface area (Å²) in [5.74, 6) is -1.63. The van der Waals surface area contributed by atoms with Crippen molar-refractivity contribution in [2.75, 3.05) is 30.0 Å². The van der Waals surface area contributed by atoms with Crippen molar-refractivity contribution in [1.29, 1.82) is 0 Å². The van der Waals surface area contributed by atoms with Crippen LogP contribution in [0, 0.1) is 5.41 Å². The predicted octanol–water partition coefficient (Wildman–Crippen LogP) is -0.0998. The molecule has 190 valence electrons. The summed E-state index contributed by atoms with van der Waals surface area (Å²) in [6, 6.07) is 0.547. The molecule has 4 rings (SSSR count). The van der Waals surface area contributed by atoms with Gasteiger partial charge in [-0.3, -0.25) is 19.2 Å². The Bertz CT molecular complexity index is 1180. The summed E-state index contributed by atoms with van der Waals surface area (Å²) < 4.78 is 0.651. The SMILES string of the molecule is CCON=C(C(=O)NC1C(=O)N2CC(CSc3nncs3)(C(=O)O)CS[C@H]12)c1nccc(NC=O)n1. The van der Waals surface area contributed by atoms with Crippen LogP contribution in [0.2, 0.25) is 0 Å². The molecule has 3 atom stereocenters. The number of nitrogens with zero attached hydrogens (tertiary/aromatic N) is 6. The van der Waals surface area contributed by atoms with Crippen molar-refractivity contribution in [2.45, 2.75) is 22.7 Å². The maximum absolute atomic E-state index is 13.0. The van der Waals surface area contributed by atoms with E-state index < -0.39 is 34.6 Å². The van der Waals surface area contributed by atoms with Crippen molar-refractivity contribution < 1.29 is 29.1 Å². The highest BCUT2D eigenvalue weighted by Crippen LogP contribution is 2.44. The van der Waals surface area contributed by atoms with Gasteiger partial charge in [0.05, 0.1) is 0 Å². The van der Waals surface area contributed by atoms with E-state index in [2.05, 4.69) is 36.0 Å². The Morgan fingerprint density at radius 3 is 3.00 bits per heavy atom. The smallest absolute Gasteiger partial charge is 0.313 e. The Kier molecular flexibility index (Phi) is 8.00. The zero-order valence-corrected chi connectivity index (χ0v) is 21.1. The lowest BCUT2D eigenvalue weighted by Crippen LogP contribution is -2.74. The first-order valence-corrected chi connectivity index (χ1v) is 13.4. The number of nitrogens with one attached hydrogen (secondary N) is 2. The lowest BCUT2D eigenvalue weighted by Gasteiger charge is -2.53. The molecule has 0 aromatic carbocycles. The van der Waals surface area contributed by atoms with Gasteiger partial charge in [-0.1, -0.05) is 28.3 Å². The van der Waals surface area contributed by atoms with Crippen LogP contribution in [0.3, 0.4) is 0 Å². The zero-order valence-electron chi connectivity index (χ0n) is 18.7. The maximum Gasteiger partial charge on any atom is 0.313 e. The number of hydrogen-bond acceptors (Lipinski definition) is 13. The van der Waals surface area contributed by atoms with Gasteiger partial charge in [-0.25, -0.2) is 9.97 Å². The van der Waals surface area contributed by atoms with Gasteiger partial charge in [-0.15, -0.1) is 22.0 Å².